The lowest BCUT2D eigenvalue weighted by molar-refractivity contribution is -0.130. The number of aliphatic hydroxyl groups is 1. The molecule has 0 aliphatic carbocycles. The first-order chi connectivity index (χ1) is 11.5. The number of morpholine rings is 1. The number of allylic oxidation sites excluding steroid dienone is 1. The van der Waals surface area contributed by atoms with E-state index in [0.29, 0.717) is 26.3 Å². The molecule has 1 aromatic rings. The molecule has 1 amide bonds. The summed E-state index contributed by atoms with van der Waals surface area (Å²) in [5.41, 5.74) is -0.00912. The van der Waals surface area contributed by atoms with Gasteiger partial charge in [0, 0.05) is 31.3 Å². The molecule has 0 spiro atoms. The van der Waals surface area contributed by atoms with Gasteiger partial charge in [-0.3, -0.25) is 9.59 Å². The second-order valence-electron chi connectivity index (χ2n) is 4.76. The van der Waals surface area contributed by atoms with Crippen molar-refractivity contribution in [2.24, 2.45) is 0 Å². The molecule has 6 nitrogen and oxygen atoms in total. The number of hydrogen-bond acceptors (Lipinski definition) is 5. The fourth-order valence-electron chi connectivity index (χ4n) is 1.91. The van der Waals surface area contributed by atoms with E-state index in [9.17, 15) is 14.0 Å². The van der Waals surface area contributed by atoms with Gasteiger partial charge < -0.3 is 14.7 Å². The Morgan fingerprint density at radius 3 is 2.38 bits per heavy atom. The molecular formula is C17H19FN2O4. The number of nitriles is 1. The normalized spacial score (nSPS) is 14.2. The molecule has 24 heavy (non-hydrogen) atoms. The highest BCUT2D eigenvalue weighted by atomic mass is 19.1. The van der Waals surface area contributed by atoms with Crippen LogP contribution in [-0.4, -0.2) is 54.6 Å². The molecule has 1 N–H and O–H groups in total. The quantitative estimate of drug-likeness (QED) is 0.511. The fourth-order valence-corrected chi connectivity index (χ4v) is 1.91. The van der Waals surface area contributed by atoms with Crippen molar-refractivity contribution in [1.82, 2.24) is 4.90 Å². The highest BCUT2D eigenvalue weighted by Crippen LogP contribution is 2.09. The first-order valence-electron chi connectivity index (χ1n) is 7.43. The molecule has 1 aromatic carbocycles. The number of carbonyl (C=O) groups excluding carboxylic acids is 2. The number of benzene rings is 1. The summed E-state index contributed by atoms with van der Waals surface area (Å²) in [7, 11) is 0. The van der Waals surface area contributed by atoms with Crippen molar-refractivity contribution in [2.45, 2.75) is 6.92 Å². The van der Waals surface area contributed by atoms with Crippen LogP contribution in [0.1, 0.15) is 17.3 Å². The Labute approximate surface area is 139 Å². The summed E-state index contributed by atoms with van der Waals surface area (Å²) in [6.45, 7) is 3.54. The molecule has 7 heteroatoms. The van der Waals surface area contributed by atoms with Crippen LogP contribution in [0.2, 0.25) is 0 Å². The van der Waals surface area contributed by atoms with Gasteiger partial charge in [0.1, 0.15) is 17.5 Å². The minimum Gasteiger partial charge on any atom is -0.397 e. The molecule has 1 saturated heterocycles. The monoisotopic (exact) mass is 334 g/mol. The van der Waals surface area contributed by atoms with Gasteiger partial charge in [0.25, 0.3) is 5.91 Å². The molecule has 0 atom stereocenters. The summed E-state index contributed by atoms with van der Waals surface area (Å²) in [6.07, 6.45) is 0.991. The Kier molecular flexibility index (Phi) is 8.33. The van der Waals surface area contributed by atoms with E-state index in [1.807, 2.05) is 0 Å². The van der Waals surface area contributed by atoms with E-state index in [1.165, 1.54) is 17.0 Å². The summed E-state index contributed by atoms with van der Waals surface area (Å²) in [5, 5.41) is 16.6. The van der Waals surface area contributed by atoms with Gasteiger partial charge in [-0.15, -0.1) is 0 Å². The number of rotatable bonds is 3. The van der Waals surface area contributed by atoms with Crippen LogP contribution in [0.25, 0.3) is 0 Å². The topological polar surface area (TPSA) is 90.6 Å². The molecule has 1 aliphatic rings. The first kappa shape index (κ1) is 19.5. The Morgan fingerprint density at radius 1 is 1.33 bits per heavy atom. The largest absolute Gasteiger partial charge is 0.397 e. The number of nitrogens with zero attached hydrogens (tertiary/aromatic N) is 2. The van der Waals surface area contributed by atoms with E-state index < -0.39 is 17.5 Å². The van der Waals surface area contributed by atoms with Gasteiger partial charge in [0.15, 0.2) is 5.78 Å². The number of carbonyl (C=O) groups is 2. The standard InChI is InChI=1S/C15H13FN2O3.C2H6O/c16-13-3-1-11(2-4-13)14(19)9-12(10-17)15(20)18-5-7-21-8-6-18;1-2-3/h1-4,9H,5-8H2;3H,2H2,1H3/b12-9+;. The van der Waals surface area contributed by atoms with Crippen molar-refractivity contribution >= 4 is 11.7 Å². The summed E-state index contributed by atoms with van der Waals surface area (Å²) in [5.74, 6) is -1.45. The highest BCUT2D eigenvalue weighted by Gasteiger charge is 2.21. The molecule has 0 aromatic heterocycles. The first-order valence-corrected chi connectivity index (χ1v) is 7.43. The maximum Gasteiger partial charge on any atom is 0.264 e. The zero-order chi connectivity index (χ0) is 17.9. The van der Waals surface area contributed by atoms with Crippen LogP contribution < -0.4 is 0 Å². The Balaban J connectivity index is 0.000000891. The maximum atomic E-state index is 12.8. The highest BCUT2D eigenvalue weighted by molar-refractivity contribution is 6.11. The zero-order valence-corrected chi connectivity index (χ0v) is 13.4. The number of ether oxygens (including phenoxy) is 1. The fraction of sp³-hybridized carbons (Fsp3) is 0.353. The van der Waals surface area contributed by atoms with Crippen LogP contribution in [0.5, 0.6) is 0 Å². The molecule has 0 unspecified atom stereocenters. The lowest BCUT2D eigenvalue weighted by Gasteiger charge is -2.26. The number of aliphatic hydroxyl groups excluding tert-OH is 1. The maximum absolute atomic E-state index is 12.8. The third kappa shape index (κ3) is 5.91. The smallest absolute Gasteiger partial charge is 0.264 e. The van der Waals surface area contributed by atoms with Gasteiger partial charge in [-0.2, -0.15) is 5.26 Å². The number of ketones is 1. The average molecular weight is 334 g/mol. The Morgan fingerprint density at radius 2 is 1.88 bits per heavy atom. The minimum absolute atomic E-state index is 0.221. The van der Waals surface area contributed by atoms with Gasteiger partial charge >= 0.3 is 0 Å². The molecule has 1 fully saturated rings. The summed E-state index contributed by atoms with van der Waals surface area (Å²) in [4.78, 5) is 25.6. The van der Waals surface area contributed by atoms with Crippen LogP contribution in [-0.2, 0) is 9.53 Å². The van der Waals surface area contributed by atoms with Crippen LogP contribution >= 0.6 is 0 Å². The Hall–Kier alpha value is -2.56. The number of amides is 1. The predicted octanol–water partition coefficient (Wildman–Crippen LogP) is 1.32. The van der Waals surface area contributed by atoms with Crippen molar-refractivity contribution in [3.63, 3.8) is 0 Å². The van der Waals surface area contributed by atoms with E-state index in [-0.39, 0.29) is 17.7 Å². The number of hydrogen-bond donors (Lipinski definition) is 1. The lowest BCUT2D eigenvalue weighted by atomic mass is 10.1. The van der Waals surface area contributed by atoms with Crippen molar-refractivity contribution in [1.29, 1.82) is 5.26 Å². The van der Waals surface area contributed by atoms with Crippen LogP contribution in [0.15, 0.2) is 35.9 Å². The van der Waals surface area contributed by atoms with Crippen molar-refractivity contribution in [3.8, 4) is 6.07 Å². The molecular weight excluding hydrogens is 315 g/mol. The molecule has 0 saturated carbocycles. The third-order valence-corrected chi connectivity index (χ3v) is 3.05. The molecule has 1 heterocycles. The van der Waals surface area contributed by atoms with Crippen LogP contribution in [0, 0.1) is 17.1 Å². The van der Waals surface area contributed by atoms with Crippen molar-refractivity contribution < 1.29 is 23.8 Å². The Bertz CT molecular complexity index is 629. The van der Waals surface area contributed by atoms with E-state index in [1.54, 1.807) is 13.0 Å². The third-order valence-electron chi connectivity index (χ3n) is 3.05. The van der Waals surface area contributed by atoms with E-state index in [4.69, 9.17) is 15.1 Å². The van der Waals surface area contributed by atoms with Gasteiger partial charge in [-0.25, -0.2) is 4.39 Å². The molecule has 0 radical (unpaired) electrons. The predicted molar refractivity (Wildman–Crippen MR) is 84.6 cm³/mol. The second-order valence-corrected chi connectivity index (χ2v) is 4.76. The average Bonchev–Trinajstić information content (AvgIpc) is 2.61. The van der Waals surface area contributed by atoms with Crippen LogP contribution in [0.4, 0.5) is 4.39 Å². The second kappa shape index (κ2) is 10.3. The number of halogens is 1. The van der Waals surface area contributed by atoms with Gasteiger partial charge in [0.05, 0.1) is 13.2 Å². The lowest BCUT2D eigenvalue weighted by Crippen LogP contribution is -2.41. The van der Waals surface area contributed by atoms with E-state index in [0.717, 1.165) is 18.2 Å². The van der Waals surface area contributed by atoms with Crippen molar-refractivity contribution in [2.75, 3.05) is 32.9 Å². The minimum atomic E-state index is -0.506. The molecule has 128 valence electrons. The zero-order valence-electron chi connectivity index (χ0n) is 13.4. The van der Waals surface area contributed by atoms with Gasteiger partial charge in [-0.1, -0.05) is 0 Å². The molecule has 1 aliphatic heterocycles. The molecule has 2 rings (SSSR count). The van der Waals surface area contributed by atoms with Crippen molar-refractivity contribution in [3.05, 3.63) is 47.3 Å². The summed E-state index contributed by atoms with van der Waals surface area (Å²) < 4.78 is 17.9. The SMILES string of the molecule is CCO.N#C/C(=C\C(=O)c1ccc(F)cc1)C(=O)N1CCOCC1. The summed E-state index contributed by atoms with van der Waals surface area (Å²) >= 11 is 0. The van der Waals surface area contributed by atoms with E-state index in [2.05, 4.69) is 0 Å². The van der Waals surface area contributed by atoms with Crippen LogP contribution in [0.3, 0.4) is 0 Å². The molecule has 0 bridgehead atoms. The van der Waals surface area contributed by atoms with E-state index >= 15 is 0 Å². The summed E-state index contributed by atoms with van der Waals surface area (Å²) in [6, 6.07) is 6.66. The van der Waals surface area contributed by atoms with Gasteiger partial charge in [-0.05, 0) is 31.2 Å². The van der Waals surface area contributed by atoms with Gasteiger partial charge in [0.2, 0.25) is 0 Å².